The second-order valence-electron chi connectivity index (χ2n) is 6.81. The van der Waals surface area contributed by atoms with E-state index in [0.29, 0.717) is 12.5 Å². The van der Waals surface area contributed by atoms with Gasteiger partial charge in [0.25, 0.3) is 0 Å². The largest absolute Gasteiger partial charge is 0.382 e. The molecule has 1 unspecified atom stereocenters. The zero-order valence-corrected chi connectivity index (χ0v) is 14.1. The highest BCUT2D eigenvalue weighted by atomic mass is 16.5. The molecule has 1 aliphatic heterocycles. The van der Waals surface area contributed by atoms with Crippen LogP contribution in [0, 0.1) is 0 Å². The Balaban J connectivity index is 2.07. The number of aromatic nitrogens is 3. The zero-order valence-electron chi connectivity index (χ0n) is 14.1. The molecule has 120 valence electrons. The molecule has 1 aromatic rings. The summed E-state index contributed by atoms with van der Waals surface area (Å²) in [5.74, 6) is 2.43. The van der Waals surface area contributed by atoms with E-state index in [-0.39, 0.29) is 11.7 Å². The van der Waals surface area contributed by atoms with Crippen LogP contribution in [-0.4, -0.2) is 58.2 Å². The lowest BCUT2D eigenvalue weighted by Crippen LogP contribution is -2.53. The summed E-state index contributed by atoms with van der Waals surface area (Å²) in [6, 6.07) is 0. The molecular weight excluding hydrogens is 268 g/mol. The molecule has 0 spiro atoms. The van der Waals surface area contributed by atoms with Crippen LogP contribution in [0.4, 0.5) is 0 Å². The van der Waals surface area contributed by atoms with Gasteiger partial charge in [0.15, 0.2) is 0 Å². The Bertz CT molecular complexity index is 470. The third-order valence-corrected chi connectivity index (χ3v) is 3.78. The molecule has 6 heteroatoms. The van der Waals surface area contributed by atoms with Crippen molar-refractivity contribution in [3.8, 4) is 0 Å². The predicted molar refractivity (Wildman–Crippen MR) is 81.2 cm³/mol. The Kier molecular flexibility index (Phi) is 5.01. The highest BCUT2D eigenvalue weighted by molar-refractivity contribution is 5.00. The van der Waals surface area contributed by atoms with E-state index in [0.717, 1.165) is 31.3 Å². The third kappa shape index (κ3) is 4.02. The SMILES string of the molecule is COCC1CN(Cc2nnc(C(C)C)n2C)CC(C)(C)O1. The molecule has 0 aliphatic carbocycles. The number of morpholine rings is 1. The summed E-state index contributed by atoms with van der Waals surface area (Å²) in [6.45, 7) is 11.7. The van der Waals surface area contributed by atoms with E-state index in [1.165, 1.54) is 0 Å². The molecule has 1 fully saturated rings. The lowest BCUT2D eigenvalue weighted by molar-refractivity contribution is -0.154. The average Bonchev–Trinajstić information content (AvgIpc) is 2.69. The summed E-state index contributed by atoms with van der Waals surface area (Å²) in [6.07, 6.45) is 0.108. The second-order valence-corrected chi connectivity index (χ2v) is 6.81. The molecule has 21 heavy (non-hydrogen) atoms. The number of hydrogen-bond donors (Lipinski definition) is 0. The van der Waals surface area contributed by atoms with Crippen molar-refractivity contribution in [2.75, 3.05) is 26.8 Å². The smallest absolute Gasteiger partial charge is 0.146 e. The van der Waals surface area contributed by atoms with Crippen molar-refractivity contribution < 1.29 is 9.47 Å². The number of hydrogen-bond acceptors (Lipinski definition) is 5. The fourth-order valence-electron chi connectivity index (χ4n) is 3.03. The van der Waals surface area contributed by atoms with Gasteiger partial charge >= 0.3 is 0 Å². The first kappa shape index (κ1) is 16.4. The molecule has 2 heterocycles. The van der Waals surface area contributed by atoms with Crippen LogP contribution in [0.3, 0.4) is 0 Å². The van der Waals surface area contributed by atoms with Crippen molar-refractivity contribution in [3.05, 3.63) is 11.6 Å². The molecule has 0 bridgehead atoms. The van der Waals surface area contributed by atoms with Gasteiger partial charge in [-0.3, -0.25) is 4.90 Å². The number of methoxy groups -OCH3 is 1. The number of nitrogens with zero attached hydrogens (tertiary/aromatic N) is 4. The number of rotatable bonds is 5. The van der Waals surface area contributed by atoms with Gasteiger partial charge in [0, 0.05) is 33.2 Å². The third-order valence-electron chi connectivity index (χ3n) is 3.78. The molecule has 2 rings (SSSR count). The first-order valence-corrected chi connectivity index (χ1v) is 7.59. The summed E-state index contributed by atoms with van der Waals surface area (Å²) >= 11 is 0. The van der Waals surface area contributed by atoms with Crippen molar-refractivity contribution >= 4 is 0 Å². The molecule has 1 atom stereocenters. The van der Waals surface area contributed by atoms with E-state index in [4.69, 9.17) is 9.47 Å². The predicted octanol–water partition coefficient (Wildman–Crippen LogP) is 1.56. The van der Waals surface area contributed by atoms with E-state index in [1.54, 1.807) is 7.11 Å². The summed E-state index contributed by atoms with van der Waals surface area (Å²) in [4.78, 5) is 2.38. The Morgan fingerprint density at radius 2 is 2.10 bits per heavy atom. The Labute approximate surface area is 127 Å². The topological polar surface area (TPSA) is 52.4 Å². The molecule has 1 aliphatic rings. The van der Waals surface area contributed by atoms with Gasteiger partial charge in [0.1, 0.15) is 11.6 Å². The van der Waals surface area contributed by atoms with Crippen molar-refractivity contribution in [2.45, 2.75) is 51.9 Å². The molecule has 0 radical (unpaired) electrons. The summed E-state index contributed by atoms with van der Waals surface area (Å²) in [7, 11) is 3.76. The van der Waals surface area contributed by atoms with Gasteiger partial charge in [-0.25, -0.2) is 0 Å². The quantitative estimate of drug-likeness (QED) is 0.825. The van der Waals surface area contributed by atoms with Gasteiger partial charge in [-0.1, -0.05) is 13.8 Å². The molecule has 0 amide bonds. The summed E-state index contributed by atoms with van der Waals surface area (Å²) in [5.41, 5.74) is -0.166. The minimum absolute atomic E-state index is 0.108. The van der Waals surface area contributed by atoms with Gasteiger partial charge in [-0.15, -0.1) is 10.2 Å². The summed E-state index contributed by atoms with van der Waals surface area (Å²) in [5, 5.41) is 8.65. The Morgan fingerprint density at radius 1 is 1.38 bits per heavy atom. The van der Waals surface area contributed by atoms with E-state index >= 15 is 0 Å². The molecule has 6 nitrogen and oxygen atoms in total. The Morgan fingerprint density at radius 3 is 2.67 bits per heavy atom. The minimum atomic E-state index is -0.166. The Hall–Kier alpha value is -0.980. The van der Waals surface area contributed by atoms with Crippen LogP contribution in [0.1, 0.15) is 45.3 Å². The van der Waals surface area contributed by atoms with E-state index in [2.05, 4.69) is 47.4 Å². The van der Waals surface area contributed by atoms with Crippen LogP contribution in [0.5, 0.6) is 0 Å². The van der Waals surface area contributed by atoms with Crippen LogP contribution in [0.25, 0.3) is 0 Å². The van der Waals surface area contributed by atoms with Crippen molar-refractivity contribution in [1.82, 2.24) is 19.7 Å². The van der Waals surface area contributed by atoms with Crippen LogP contribution in [-0.2, 0) is 23.1 Å². The lowest BCUT2D eigenvalue weighted by Gasteiger charge is -2.42. The first-order chi connectivity index (χ1) is 9.82. The normalized spacial score (nSPS) is 22.9. The van der Waals surface area contributed by atoms with Gasteiger partial charge in [-0.05, 0) is 13.8 Å². The maximum absolute atomic E-state index is 6.05. The first-order valence-electron chi connectivity index (χ1n) is 7.59. The standard InChI is InChI=1S/C15H28N4O2/c1-11(2)14-17-16-13(18(14)5)8-19-7-12(9-20-6)21-15(3,4)10-19/h11-12H,7-10H2,1-6H3. The molecule has 0 saturated carbocycles. The average molecular weight is 296 g/mol. The van der Waals surface area contributed by atoms with Gasteiger partial charge in [-0.2, -0.15) is 0 Å². The minimum Gasteiger partial charge on any atom is -0.382 e. The second kappa shape index (κ2) is 6.42. The van der Waals surface area contributed by atoms with E-state index in [1.807, 2.05) is 7.05 Å². The molecule has 1 saturated heterocycles. The van der Waals surface area contributed by atoms with Crippen LogP contribution < -0.4 is 0 Å². The number of ether oxygens (including phenoxy) is 2. The van der Waals surface area contributed by atoms with Crippen molar-refractivity contribution in [3.63, 3.8) is 0 Å². The van der Waals surface area contributed by atoms with Crippen LogP contribution in [0.2, 0.25) is 0 Å². The van der Waals surface area contributed by atoms with Gasteiger partial charge in [0.2, 0.25) is 0 Å². The maximum atomic E-state index is 6.05. The van der Waals surface area contributed by atoms with Crippen molar-refractivity contribution in [2.24, 2.45) is 7.05 Å². The van der Waals surface area contributed by atoms with Crippen LogP contribution in [0.15, 0.2) is 0 Å². The fraction of sp³-hybridized carbons (Fsp3) is 0.867. The molecule has 1 aromatic heterocycles. The highest BCUT2D eigenvalue weighted by Crippen LogP contribution is 2.23. The molecule has 0 aromatic carbocycles. The van der Waals surface area contributed by atoms with Gasteiger partial charge < -0.3 is 14.0 Å². The van der Waals surface area contributed by atoms with E-state index < -0.39 is 0 Å². The van der Waals surface area contributed by atoms with E-state index in [9.17, 15) is 0 Å². The zero-order chi connectivity index (χ0) is 15.6. The molecule has 0 N–H and O–H groups in total. The summed E-state index contributed by atoms with van der Waals surface area (Å²) < 4.78 is 13.4. The monoisotopic (exact) mass is 296 g/mol. The maximum Gasteiger partial charge on any atom is 0.146 e. The van der Waals surface area contributed by atoms with Crippen molar-refractivity contribution in [1.29, 1.82) is 0 Å². The van der Waals surface area contributed by atoms with Crippen LogP contribution >= 0.6 is 0 Å². The van der Waals surface area contributed by atoms with Gasteiger partial charge in [0.05, 0.1) is 24.9 Å². The highest BCUT2D eigenvalue weighted by Gasteiger charge is 2.34. The lowest BCUT2D eigenvalue weighted by atomic mass is 10.1. The fourth-order valence-corrected chi connectivity index (χ4v) is 3.03. The molecular formula is C15H28N4O2.